The number of para-hydroxylation sites is 1. The molecule has 0 aromatic heterocycles. The fourth-order valence-electron chi connectivity index (χ4n) is 2.98. The van der Waals surface area contributed by atoms with Crippen LogP contribution in [0.5, 0.6) is 5.75 Å². The lowest BCUT2D eigenvalue weighted by Crippen LogP contribution is -2.41. The Labute approximate surface area is 122 Å². The van der Waals surface area contributed by atoms with Gasteiger partial charge in [0, 0.05) is 13.1 Å². The molecule has 0 saturated heterocycles. The standard InChI is InChI=1S/C15H20F2N2O2/c1-19(12-7-4-5-10(12)9-18)14(20)11-6-2-3-8-13(11)21-15(16)17/h2-3,6,8,10,12,15H,4-5,7,9,18H2,1H3. The summed E-state index contributed by atoms with van der Waals surface area (Å²) in [4.78, 5) is 14.2. The summed E-state index contributed by atoms with van der Waals surface area (Å²) in [5.74, 6) is -0.134. The van der Waals surface area contributed by atoms with Crippen LogP contribution in [0.15, 0.2) is 24.3 Å². The molecule has 1 fully saturated rings. The number of rotatable bonds is 5. The van der Waals surface area contributed by atoms with Gasteiger partial charge in [0.05, 0.1) is 5.56 Å². The lowest BCUT2D eigenvalue weighted by molar-refractivity contribution is -0.0503. The fourth-order valence-corrected chi connectivity index (χ4v) is 2.98. The zero-order chi connectivity index (χ0) is 15.4. The van der Waals surface area contributed by atoms with E-state index in [1.54, 1.807) is 24.1 Å². The molecule has 2 unspecified atom stereocenters. The summed E-state index contributed by atoms with van der Waals surface area (Å²) < 4.78 is 29.3. The Balaban J connectivity index is 2.19. The Hall–Kier alpha value is -1.69. The molecule has 1 aliphatic rings. The zero-order valence-corrected chi connectivity index (χ0v) is 12.0. The van der Waals surface area contributed by atoms with Gasteiger partial charge in [-0.2, -0.15) is 8.78 Å². The minimum Gasteiger partial charge on any atom is -0.434 e. The van der Waals surface area contributed by atoms with Crippen LogP contribution in [0.2, 0.25) is 0 Å². The van der Waals surface area contributed by atoms with Gasteiger partial charge in [0.25, 0.3) is 5.91 Å². The van der Waals surface area contributed by atoms with E-state index >= 15 is 0 Å². The number of amides is 1. The van der Waals surface area contributed by atoms with Crippen molar-refractivity contribution in [3.8, 4) is 5.75 Å². The summed E-state index contributed by atoms with van der Waals surface area (Å²) in [5, 5.41) is 0. The average molecular weight is 298 g/mol. The van der Waals surface area contributed by atoms with Gasteiger partial charge in [0.2, 0.25) is 0 Å². The van der Waals surface area contributed by atoms with E-state index in [-0.39, 0.29) is 29.2 Å². The van der Waals surface area contributed by atoms with Gasteiger partial charge in [-0.25, -0.2) is 0 Å². The predicted molar refractivity (Wildman–Crippen MR) is 75.4 cm³/mol. The second kappa shape index (κ2) is 6.85. The number of hydrogen-bond acceptors (Lipinski definition) is 3. The summed E-state index contributed by atoms with van der Waals surface area (Å²) in [6.45, 7) is -2.43. The van der Waals surface area contributed by atoms with E-state index in [0.717, 1.165) is 19.3 Å². The van der Waals surface area contributed by atoms with Gasteiger partial charge in [0.15, 0.2) is 0 Å². The van der Waals surface area contributed by atoms with Gasteiger partial charge in [-0.1, -0.05) is 18.6 Å². The Morgan fingerprint density at radius 3 is 2.81 bits per heavy atom. The SMILES string of the molecule is CN(C(=O)c1ccccc1OC(F)F)C1CCCC1CN. The molecule has 1 amide bonds. The van der Waals surface area contributed by atoms with Crippen molar-refractivity contribution in [3.05, 3.63) is 29.8 Å². The smallest absolute Gasteiger partial charge is 0.387 e. The van der Waals surface area contributed by atoms with Crippen molar-refractivity contribution in [2.45, 2.75) is 31.9 Å². The van der Waals surface area contributed by atoms with E-state index in [2.05, 4.69) is 4.74 Å². The molecule has 2 rings (SSSR count). The molecule has 1 aromatic carbocycles. The first kappa shape index (κ1) is 15.7. The number of hydrogen-bond donors (Lipinski definition) is 1. The highest BCUT2D eigenvalue weighted by Crippen LogP contribution is 2.30. The molecule has 0 spiro atoms. The van der Waals surface area contributed by atoms with Crippen LogP contribution in [0.1, 0.15) is 29.6 Å². The van der Waals surface area contributed by atoms with Crippen molar-refractivity contribution in [3.63, 3.8) is 0 Å². The van der Waals surface area contributed by atoms with E-state index in [4.69, 9.17) is 5.73 Å². The number of carbonyl (C=O) groups excluding carboxylic acids is 1. The van der Waals surface area contributed by atoms with Gasteiger partial charge < -0.3 is 15.4 Å². The average Bonchev–Trinajstić information content (AvgIpc) is 2.94. The lowest BCUT2D eigenvalue weighted by Gasteiger charge is -2.29. The summed E-state index contributed by atoms with van der Waals surface area (Å²) in [5.41, 5.74) is 5.89. The largest absolute Gasteiger partial charge is 0.434 e. The van der Waals surface area contributed by atoms with Gasteiger partial charge in [-0.05, 0) is 37.4 Å². The summed E-state index contributed by atoms with van der Waals surface area (Å²) in [7, 11) is 1.69. The van der Waals surface area contributed by atoms with E-state index in [9.17, 15) is 13.6 Å². The van der Waals surface area contributed by atoms with Gasteiger partial charge >= 0.3 is 6.61 Å². The molecule has 1 aromatic rings. The number of carbonyl (C=O) groups is 1. The Kier molecular flexibility index (Phi) is 5.12. The molecule has 2 N–H and O–H groups in total. The van der Waals surface area contributed by atoms with Crippen molar-refractivity contribution in [2.24, 2.45) is 11.7 Å². The highest BCUT2D eigenvalue weighted by atomic mass is 19.3. The molecule has 2 atom stereocenters. The van der Waals surface area contributed by atoms with Crippen LogP contribution in [0.4, 0.5) is 8.78 Å². The first-order valence-electron chi connectivity index (χ1n) is 7.05. The molecule has 6 heteroatoms. The molecular formula is C15H20F2N2O2. The van der Waals surface area contributed by atoms with E-state index in [1.807, 2.05) is 0 Å². The third kappa shape index (κ3) is 3.50. The molecule has 0 radical (unpaired) electrons. The first-order chi connectivity index (χ1) is 10.0. The van der Waals surface area contributed by atoms with Crippen molar-refractivity contribution < 1.29 is 18.3 Å². The fraction of sp³-hybridized carbons (Fsp3) is 0.533. The molecular weight excluding hydrogens is 278 g/mol. The van der Waals surface area contributed by atoms with Crippen molar-refractivity contribution in [1.82, 2.24) is 4.90 Å². The molecule has 1 aliphatic carbocycles. The summed E-state index contributed by atoms with van der Waals surface area (Å²) in [6.07, 6.45) is 2.91. The second-order valence-corrected chi connectivity index (χ2v) is 5.28. The van der Waals surface area contributed by atoms with Crippen molar-refractivity contribution >= 4 is 5.91 Å². The predicted octanol–water partition coefficient (Wildman–Crippen LogP) is 2.49. The quantitative estimate of drug-likeness (QED) is 0.908. The van der Waals surface area contributed by atoms with Crippen LogP contribution in [0, 0.1) is 5.92 Å². The lowest BCUT2D eigenvalue weighted by atomic mass is 10.0. The Morgan fingerprint density at radius 2 is 2.14 bits per heavy atom. The minimum absolute atomic E-state index is 0.0575. The number of ether oxygens (including phenoxy) is 1. The maximum atomic E-state index is 12.6. The minimum atomic E-state index is -2.95. The molecule has 21 heavy (non-hydrogen) atoms. The highest BCUT2D eigenvalue weighted by Gasteiger charge is 2.33. The van der Waals surface area contributed by atoms with Crippen molar-refractivity contribution in [2.75, 3.05) is 13.6 Å². The summed E-state index contributed by atoms with van der Waals surface area (Å²) in [6, 6.07) is 6.13. The zero-order valence-electron chi connectivity index (χ0n) is 12.0. The molecule has 0 heterocycles. The third-order valence-electron chi connectivity index (χ3n) is 4.07. The van der Waals surface area contributed by atoms with E-state index in [0.29, 0.717) is 6.54 Å². The second-order valence-electron chi connectivity index (χ2n) is 5.28. The maximum Gasteiger partial charge on any atom is 0.387 e. The monoisotopic (exact) mass is 298 g/mol. The summed E-state index contributed by atoms with van der Waals surface area (Å²) >= 11 is 0. The Bertz CT molecular complexity index is 496. The van der Waals surface area contributed by atoms with Crippen LogP contribution in [-0.2, 0) is 0 Å². The topological polar surface area (TPSA) is 55.6 Å². The number of nitrogens with zero attached hydrogens (tertiary/aromatic N) is 1. The maximum absolute atomic E-state index is 12.6. The highest BCUT2D eigenvalue weighted by molar-refractivity contribution is 5.97. The number of nitrogens with two attached hydrogens (primary N) is 1. The molecule has 0 bridgehead atoms. The van der Waals surface area contributed by atoms with Gasteiger partial charge in [-0.15, -0.1) is 0 Å². The third-order valence-corrected chi connectivity index (χ3v) is 4.07. The normalized spacial score (nSPS) is 21.6. The molecule has 116 valence electrons. The van der Waals surface area contributed by atoms with E-state index < -0.39 is 6.61 Å². The number of benzene rings is 1. The number of halogens is 2. The van der Waals surface area contributed by atoms with Crippen molar-refractivity contribution in [1.29, 1.82) is 0 Å². The van der Waals surface area contributed by atoms with Crippen LogP contribution >= 0.6 is 0 Å². The molecule has 0 aliphatic heterocycles. The number of alkyl halides is 2. The van der Waals surface area contributed by atoms with Crippen LogP contribution in [0.3, 0.4) is 0 Å². The van der Waals surface area contributed by atoms with Crippen LogP contribution < -0.4 is 10.5 Å². The van der Waals surface area contributed by atoms with Crippen LogP contribution in [-0.4, -0.2) is 37.1 Å². The van der Waals surface area contributed by atoms with E-state index in [1.165, 1.54) is 12.1 Å². The molecule has 1 saturated carbocycles. The van der Waals surface area contributed by atoms with Gasteiger partial charge in [0.1, 0.15) is 5.75 Å². The molecule has 4 nitrogen and oxygen atoms in total. The Morgan fingerprint density at radius 1 is 1.43 bits per heavy atom. The van der Waals surface area contributed by atoms with Crippen LogP contribution in [0.25, 0.3) is 0 Å². The van der Waals surface area contributed by atoms with Gasteiger partial charge in [-0.3, -0.25) is 4.79 Å². The first-order valence-corrected chi connectivity index (χ1v) is 7.05.